The molecule has 1 aliphatic rings. The molecule has 0 radical (unpaired) electrons. The zero-order valence-corrected chi connectivity index (χ0v) is 19.3. The van der Waals surface area contributed by atoms with Gasteiger partial charge < -0.3 is 9.88 Å². The Kier molecular flexibility index (Phi) is 7.00. The van der Waals surface area contributed by atoms with E-state index >= 15 is 0 Å². The number of carbonyl (C=O) groups is 1. The number of fused-ring (bicyclic) bond motifs is 1. The van der Waals surface area contributed by atoms with Gasteiger partial charge in [0.15, 0.2) is 5.82 Å². The summed E-state index contributed by atoms with van der Waals surface area (Å²) in [7, 11) is 0. The number of nitrogens with one attached hydrogen (secondary N) is 1. The number of amides is 1. The summed E-state index contributed by atoms with van der Waals surface area (Å²) in [6, 6.07) is 19.3. The summed E-state index contributed by atoms with van der Waals surface area (Å²) in [5, 5.41) is 12.0. The Labute approximate surface area is 190 Å². The molecule has 2 aromatic carbocycles. The molecule has 1 atom stereocenters. The van der Waals surface area contributed by atoms with Gasteiger partial charge in [-0.2, -0.15) is 0 Å². The van der Waals surface area contributed by atoms with Crippen molar-refractivity contribution in [2.45, 2.75) is 52.7 Å². The molecule has 0 bridgehead atoms. The molecule has 168 valence electrons. The number of hydrogen-bond acceptors (Lipinski definition) is 4. The van der Waals surface area contributed by atoms with Gasteiger partial charge in [0, 0.05) is 39.5 Å². The third kappa shape index (κ3) is 5.43. The van der Waals surface area contributed by atoms with Crippen molar-refractivity contribution in [2.75, 3.05) is 13.1 Å². The van der Waals surface area contributed by atoms with Crippen molar-refractivity contribution in [1.82, 2.24) is 25.0 Å². The maximum Gasteiger partial charge on any atom is 0.217 e. The van der Waals surface area contributed by atoms with Gasteiger partial charge in [0.05, 0.1) is 6.04 Å². The van der Waals surface area contributed by atoms with Gasteiger partial charge in [-0.3, -0.25) is 9.69 Å². The Morgan fingerprint density at radius 2 is 1.69 bits per heavy atom. The van der Waals surface area contributed by atoms with Gasteiger partial charge in [-0.1, -0.05) is 68.4 Å². The zero-order valence-electron chi connectivity index (χ0n) is 19.3. The van der Waals surface area contributed by atoms with Crippen molar-refractivity contribution in [3.63, 3.8) is 0 Å². The van der Waals surface area contributed by atoms with Crippen LogP contribution < -0.4 is 5.32 Å². The summed E-state index contributed by atoms with van der Waals surface area (Å²) in [4.78, 5) is 14.2. The predicted octanol–water partition coefficient (Wildman–Crippen LogP) is 4.23. The van der Waals surface area contributed by atoms with E-state index in [1.54, 1.807) is 6.92 Å². The summed E-state index contributed by atoms with van der Waals surface area (Å²) < 4.78 is 2.22. The lowest BCUT2D eigenvalue weighted by atomic mass is 10.0. The smallest absolute Gasteiger partial charge is 0.217 e. The lowest BCUT2D eigenvalue weighted by Gasteiger charge is -2.22. The molecule has 1 N–H and O–H groups in total. The first kappa shape index (κ1) is 22.2. The minimum atomic E-state index is -0.0918. The largest absolute Gasteiger partial charge is 0.346 e. The monoisotopic (exact) mass is 431 g/mol. The van der Waals surface area contributed by atoms with E-state index in [1.807, 2.05) is 6.07 Å². The van der Waals surface area contributed by atoms with E-state index < -0.39 is 0 Å². The standard InChI is InChI=1S/C26H33N5O/c1-19(2)17-24(27-20(3)32)26-29-28-25-13-14-30(15-16-31(25)26)18-21-9-11-23(12-10-21)22-7-5-4-6-8-22/h4-12,19,24H,13-18H2,1-3H3,(H,27,32)/t24-/m0/s1. The van der Waals surface area contributed by atoms with Gasteiger partial charge in [-0.15, -0.1) is 10.2 Å². The Balaban J connectivity index is 1.42. The molecule has 6 nitrogen and oxygen atoms in total. The van der Waals surface area contributed by atoms with Crippen LogP contribution in [0, 0.1) is 5.92 Å². The SMILES string of the molecule is CC(=O)N[C@@H](CC(C)C)c1nnc2n1CCN(Cc1ccc(-c3ccccc3)cc1)CC2. The molecule has 6 heteroatoms. The Bertz CT molecular complexity index is 1030. The molecule has 0 unspecified atom stereocenters. The molecule has 0 fully saturated rings. The second-order valence-electron chi connectivity index (χ2n) is 9.10. The van der Waals surface area contributed by atoms with Gasteiger partial charge in [0.1, 0.15) is 5.82 Å². The summed E-state index contributed by atoms with van der Waals surface area (Å²) in [5.74, 6) is 2.34. The summed E-state index contributed by atoms with van der Waals surface area (Å²) in [6.45, 7) is 9.55. The topological polar surface area (TPSA) is 63.1 Å². The van der Waals surface area contributed by atoms with Crippen LogP contribution >= 0.6 is 0 Å². The van der Waals surface area contributed by atoms with Crippen LogP contribution in [0.15, 0.2) is 54.6 Å². The molecular weight excluding hydrogens is 398 g/mol. The van der Waals surface area contributed by atoms with Crippen molar-refractivity contribution < 1.29 is 4.79 Å². The van der Waals surface area contributed by atoms with Crippen molar-refractivity contribution in [1.29, 1.82) is 0 Å². The molecule has 0 saturated carbocycles. The van der Waals surface area contributed by atoms with E-state index in [1.165, 1.54) is 16.7 Å². The maximum atomic E-state index is 11.8. The first-order valence-corrected chi connectivity index (χ1v) is 11.6. The molecule has 4 rings (SSSR count). The van der Waals surface area contributed by atoms with Gasteiger partial charge in [-0.05, 0) is 29.0 Å². The molecular formula is C26H33N5O. The van der Waals surface area contributed by atoms with E-state index in [4.69, 9.17) is 0 Å². The average Bonchev–Trinajstić information content (AvgIpc) is 3.08. The normalized spacial score (nSPS) is 15.2. The van der Waals surface area contributed by atoms with Crippen molar-refractivity contribution >= 4 is 5.91 Å². The molecule has 1 aliphatic heterocycles. The molecule has 0 saturated heterocycles. The Hall–Kier alpha value is -2.99. The predicted molar refractivity (Wildman–Crippen MR) is 127 cm³/mol. The molecule has 32 heavy (non-hydrogen) atoms. The van der Waals surface area contributed by atoms with Gasteiger partial charge in [-0.25, -0.2) is 0 Å². The summed E-state index contributed by atoms with van der Waals surface area (Å²) in [5.41, 5.74) is 3.81. The lowest BCUT2D eigenvalue weighted by molar-refractivity contribution is -0.119. The van der Waals surface area contributed by atoms with Crippen molar-refractivity contribution in [3.8, 4) is 11.1 Å². The van der Waals surface area contributed by atoms with Crippen LogP contribution in [-0.4, -0.2) is 38.7 Å². The quantitative estimate of drug-likeness (QED) is 0.608. The maximum absolute atomic E-state index is 11.8. The highest BCUT2D eigenvalue weighted by molar-refractivity contribution is 5.73. The Morgan fingerprint density at radius 3 is 2.38 bits per heavy atom. The van der Waals surface area contributed by atoms with Crippen LogP contribution in [0.3, 0.4) is 0 Å². The first-order valence-electron chi connectivity index (χ1n) is 11.6. The van der Waals surface area contributed by atoms with Crippen LogP contribution in [0.1, 0.15) is 50.4 Å². The second kappa shape index (κ2) is 10.1. The molecule has 0 aliphatic carbocycles. The van der Waals surface area contributed by atoms with E-state index in [9.17, 15) is 4.79 Å². The molecule has 3 aromatic rings. The zero-order chi connectivity index (χ0) is 22.5. The minimum Gasteiger partial charge on any atom is -0.346 e. The fourth-order valence-electron chi connectivity index (χ4n) is 4.44. The molecule has 0 spiro atoms. The van der Waals surface area contributed by atoms with E-state index in [-0.39, 0.29) is 11.9 Å². The average molecular weight is 432 g/mol. The van der Waals surface area contributed by atoms with Gasteiger partial charge in [0.2, 0.25) is 5.91 Å². The van der Waals surface area contributed by atoms with Crippen LogP contribution in [0.5, 0.6) is 0 Å². The van der Waals surface area contributed by atoms with Gasteiger partial charge in [0.25, 0.3) is 0 Å². The number of benzene rings is 2. The van der Waals surface area contributed by atoms with Crippen LogP contribution in [0.4, 0.5) is 0 Å². The van der Waals surface area contributed by atoms with Crippen LogP contribution in [0.2, 0.25) is 0 Å². The first-order chi connectivity index (χ1) is 15.5. The van der Waals surface area contributed by atoms with Crippen LogP contribution in [-0.2, 0) is 24.3 Å². The fraction of sp³-hybridized carbons (Fsp3) is 0.423. The number of carbonyl (C=O) groups excluding carboxylic acids is 1. The third-order valence-corrected chi connectivity index (χ3v) is 6.01. The lowest BCUT2D eigenvalue weighted by Crippen LogP contribution is -2.31. The van der Waals surface area contributed by atoms with E-state index in [0.29, 0.717) is 5.92 Å². The number of hydrogen-bond donors (Lipinski definition) is 1. The molecule has 2 heterocycles. The summed E-state index contributed by atoms with van der Waals surface area (Å²) in [6.07, 6.45) is 1.72. The van der Waals surface area contributed by atoms with Crippen molar-refractivity contribution in [2.24, 2.45) is 5.92 Å². The highest BCUT2D eigenvalue weighted by atomic mass is 16.1. The van der Waals surface area contributed by atoms with Crippen molar-refractivity contribution in [3.05, 3.63) is 71.8 Å². The molecule has 1 aromatic heterocycles. The number of nitrogens with zero attached hydrogens (tertiary/aromatic N) is 4. The Morgan fingerprint density at radius 1 is 0.969 bits per heavy atom. The van der Waals surface area contributed by atoms with E-state index in [0.717, 1.165) is 50.7 Å². The third-order valence-electron chi connectivity index (χ3n) is 6.01. The highest BCUT2D eigenvalue weighted by Crippen LogP contribution is 2.23. The fourth-order valence-corrected chi connectivity index (χ4v) is 4.44. The number of rotatable bonds is 7. The molecule has 1 amide bonds. The second-order valence-corrected chi connectivity index (χ2v) is 9.10. The number of aromatic nitrogens is 3. The van der Waals surface area contributed by atoms with E-state index in [2.05, 4.69) is 87.4 Å². The highest BCUT2D eigenvalue weighted by Gasteiger charge is 2.25. The van der Waals surface area contributed by atoms with Crippen LogP contribution in [0.25, 0.3) is 11.1 Å². The minimum absolute atomic E-state index is 0.0257. The summed E-state index contributed by atoms with van der Waals surface area (Å²) >= 11 is 0. The van der Waals surface area contributed by atoms with Gasteiger partial charge >= 0.3 is 0 Å².